The molecule has 82 valence electrons. The molecule has 1 nitrogen and oxygen atoms in total. The topological polar surface area (TPSA) is 12.0 Å². The summed E-state index contributed by atoms with van der Waals surface area (Å²) < 4.78 is 12.9. The monoisotopic (exact) mass is 245 g/mol. The van der Waals surface area contributed by atoms with Crippen molar-refractivity contribution in [3.8, 4) is 0 Å². The third kappa shape index (κ3) is 3.10. The van der Waals surface area contributed by atoms with Crippen molar-refractivity contribution in [1.29, 1.82) is 0 Å². The molecule has 2 rings (SSSR count). The molecule has 0 aliphatic carbocycles. The zero-order valence-corrected chi connectivity index (χ0v) is 9.87. The Morgan fingerprint density at radius 1 is 1.47 bits per heavy atom. The Morgan fingerprint density at radius 3 is 2.93 bits per heavy atom. The van der Waals surface area contributed by atoms with Crippen LogP contribution in [0.4, 0.5) is 4.39 Å². The van der Waals surface area contributed by atoms with Gasteiger partial charge in [0.1, 0.15) is 5.82 Å². The van der Waals surface area contributed by atoms with Gasteiger partial charge in [-0.2, -0.15) is 11.8 Å². The van der Waals surface area contributed by atoms with E-state index in [0.717, 1.165) is 36.1 Å². The van der Waals surface area contributed by atoms with E-state index in [-0.39, 0.29) is 5.82 Å². The number of halogens is 2. The molecule has 1 saturated heterocycles. The number of hydrogen-bond acceptors (Lipinski definition) is 2. The van der Waals surface area contributed by atoms with E-state index in [9.17, 15) is 4.39 Å². The van der Waals surface area contributed by atoms with Crippen molar-refractivity contribution in [3.63, 3.8) is 0 Å². The van der Waals surface area contributed by atoms with Crippen LogP contribution < -0.4 is 5.32 Å². The molecular weight excluding hydrogens is 233 g/mol. The van der Waals surface area contributed by atoms with Crippen molar-refractivity contribution in [3.05, 3.63) is 34.6 Å². The largest absolute Gasteiger partial charge is 0.316 e. The van der Waals surface area contributed by atoms with Gasteiger partial charge in [0.25, 0.3) is 0 Å². The highest BCUT2D eigenvalue weighted by Gasteiger charge is 2.16. The molecule has 15 heavy (non-hydrogen) atoms. The SMILES string of the molecule is Fc1ccc(Cl)c(CSCC2CNC2)c1. The van der Waals surface area contributed by atoms with Crippen LogP contribution in [0.1, 0.15) is 5.56 Å². The van der Waals surface area contributed by atoms with Gasteiger partial charge in [-0.05, 0) is 48.5 Å². The van der Waals surface area contributed by atoms with Crippen molar-refractivity contribution in [2.45, 2.75) is 5.75 Å². The van der Waals surface area contributed by atoms with Crippen LogP contribution in [0.25, 0.3) is 0 Å². The first-order chi connectivity index (χ1) is 7.25. The van der Waals surface area contributed by atoms with Gasteiger partial charge >= 0.3 is 0 Å². The maximum atomic E-state index is 12.9. The molecule has 1 aromatic carbocycles. The lowest BCUT2D eigenvalue weighted by Gasteiger charge is -2.26. The fourth-order valence-electron chi connectivity index (χ4n) is 1.46. The van der Waals surface area contributed by atoms with Crippen molar-refractivity contribution < 1.29 is 4.39 Å². The summed E-state index contributed by atoms with van der Waals surface area (Å²) in [7, 11) is 0. The zero-order chi connectivity index (χ0) is 10.7. The molecule has 0 radical (unpaired) electrons. The van der Waals surface area contributed by atoms with Gasteiger partial charge in [0.15, 0.2) is 0 Å². The summed E-state index contributed by atoms with van der Waals surface area (Å²) in [6.45, 7) is 2.23. The number of benzene rings is 1. The second-order valence-corrected chi connectivity index (χ2v) is 5.21. The summed E-state index contributed by atoms with van der Waals surface area (Å²) >= 11 is 7.79. The first-order valence-electron chi connectivity index (χ1n) is 4.98. The van der Waals surface area contributed by atoms with Gasteiger partial charge in [0.2, 0.25) is 0 Å². The number of nitrogens with one attached hydrogen (secondary N) is 1. The molecule has 1 fully saturated rings. The van der Waals surface area contributed by atoms with Gasteiger partial charge in [-0.1, -0.05) is 11.6 Å². The highest BCUT2D eigenvalue weighted by Crippen LogP contribution is 2.24. The molecule has 0 bridgehead atoms. The smallest absolute Gasteiger partial charge is 0.123 e. The molecule has 4 heteroatoms. The maximum absolute atomic E-state index is 12.9. The summed E-state index contributed by atoms with van der Waals surface area (Å²) in [5, 5.41) is 3.89. The van der Waals surface area contributed by atoms with Crippen LogP contribution in [0.15, 0.2) is 18.2 Å². The summed E-state index contributed by atoms with van der Waals surface area (Å²) in [4.78, 5) is 0. The van der Waals surface area contributed by atoms with Gasteiger partial charge in [0.05, 0.1) is 0 Å². The molecule has 0 saturated carbocycles. The van der Waals surface area contributed by atoms with E-state index >= 15 is 0 Å². The Hall–Kier alpha value is -0.250. The van der Waals surface area contributed by atoms with E-state index in [1.54, 1.807) is 6.07 Å². The van der Waals surface area contributed by atoms with Crippen LogP contribution in [0.2, 0.25) is 5.02 Å². The molecule has 1 aliphatic heterocycles. The van der Waals surface area contributed by atoms with Crippen molar-refractivity contribution in [2.24, 2.45) is 5.92 Å². The molecule has 1 heterocycles. The third-order valence-corrected chi connectivity index (χ3v) is 4.08. The lowest BCUT2D eigenvalue weighted by atomic mass is 10.1. The van der Waals surface area contributed by atoms with Gasteiger partial charge in [0, 0.05) is 10.8 Å². The quantitative estimate of drug-likeness (QED) is 0.876. The predicted molar refractivity (Wildman–Crippen MR) is 63.9 cm³/mol. The van der Waals surface area contributed by atoms with Crippen molar-refractivity contribution in [2.75, 3.05) is 18.8 Å². The van der Waals surface area contributed by atoms with Crippen molar-refractivity contribution >= 4 is 23.4 Å². The van der Waals surface area contributed by atoms with Gasteiger partial charge in [-0.25, -0.2) is 4.39 Å². The van der Waals surface area contributed by atoms with Crippen LogP contribution in [0.5, 0.6) is 0 Å². The summed E-state index contributed by atoms with van der Waals surface area (Å²) in [6, 6.07) is 4.54. The highest BCUT2D eigenvalue weighted by atomic mass is 35.5. The first-order valence-corrected chi connectivity index (χ1v) is 6.51. The van der Waals surface area contributed by atoms with E-state index in [1.807, 2.05) is 11.8 Å². The van der Waals surface area contributed by atoms with Gasteiger partial charge in [-0.3, -0.25) is 0 Å². The molecular formula is C11H13ClFNS. The van der Waals surface area contributed by atoms with Crippen LogP contribution in [-0.4, -0.2) is 18.8 Å². The molecule has 1 aliphatic rings. The molecule has 0 unspecified atom stereocenters. The molecule has 1 N–H and O–H groups in total. The Balaban J connectivity index is 1.83. The minimum absolute atomic E-state index is 0.208. The predicted octanol–water partition coefficient (Wildman–Crippen LogP) is 2.93. The Labute approximate surface area is 98.4 Å². The van der Waals surface area contributed by atoms with E-state index < -0.39 is 0 Å². The number of hydrogen-bond donors (Lipinski definition) is 1. The van der Waals surface area contributed by atoms with Crippen LogP contribution >= 0.6 is 23.4 Å². The van der Waals surface area contributed by atoms with Gasteiger partial charge in [-0.15, -0.1) is 0 Å². The van der Waals surface area contributed by atoms with Crippen molar-refractivity contribution in [1.82, 2.24) is 5.32 Å². The maximum Gasteiger partial charge on any atom is 0.123 e. The lowest BCUT2D eigenvalue weighted by Crippen LogP contribution is -2.43. The zero-order valence-electron chi connectivity index (χ0n) is 8.30. The number of thioether (sulfide) groups is 1. The fraction of sp³-hybridized carbons (Fsp3) is 0.455. The lowest BCUT2D eigenvalue weighted by molar-refractivity contribution is 0.385. The molecule has 1 aromatic rings. The highest BCUT2D eigenvalue weighted by molar-refractivity contribution is 7.98. The van der Waals surface area contributed by atoms with Crippen LogP contribution in [0, 0.1) is 11.7 Å². The average molecular weight is 246 g/mol. The number of rotatable bonds is 4. The standard InChI is InChI=1S/C11H13ClFNS/c12-11-2-1-10(13)3-9(11)7-15-6-8-4-14-5-8/h1-3,8,14H,4-7H2. The molecule has 0 spiro atoms. The third-order valence-electron chi connectivity index (χ3n) is 2.48. The minimum Gasteiger partial charge on any atom is -0.316 e. The van der Waals surface area contributed by atoms with E-state index in [1.165, 1.54) is 12.1 Å². The van der Waals surface area contributed by atoms with E-state index in [2.05, 4.69) is 5.32 Å². The molecule has 0 aromatic heterocycles. The van der Waals surface area contributed by atoms with E-state index in [0.29, 0.717) is 5.02 Å². The minimum atomic E-state index is -0.208. The molecule has 0 atom stereocenters. The summed E-state index contributed by atoms with van der Waals surface area (Å²) in [5.41, 5.74) is 0.897. The Kier molecular flexibility index (Phi) is 3.89. The normalized spacial score (nSPS) is 16.4. The van der Waals surface area contributed by atoms with Crippen LogP contribution in [-0.2, 0) is 5.75 Å². The molecule has 0 amide bonds. The summed E-state index contributed by atoms with van der Waals surface area (Å²) in [6.07, 6.45) is 0. The second kappa shape index (κ2) is 5.19. The second-order valence-electron chi connectivity index (χ2n) is 3.78. The van der Waals surface area contributed by atoms with E-state index in [4.69, 9.17) is 11.6 Å². The first kappa shape index (κ1) is 11.2. The Bertz CT molecular complexity index is 341. The summed E-state index contributed by atoms with van der Waals surface area (Å²) in [5.74, 6) is 2.50. The average Bonchev–Trinajstić information content (AvgIpc) is 2.15. The Morgan fingerprint density at radius 2 is 2.27 bits per heavy atom. The van der Waals surface area contributed by atoms with Gasteiger partial charge < -0.3 is 5.32 Å². The fourth-order valence-corrected chi connectivity index (χ4v) is 2.87. The van der Waals surface area contributed by atoms with Crippen LogP contribution in [0.3, 0.4) is 0 Å².